The molecule has 0 radical (unpaired) electrons. The molecule has 0 fully saturated rings. The fourth-order valence-corrected chi connectivity index (χ4v) is 3.00. The number of hydrogen-bond acceptors (Lipinski definition) is 2. The summed E-state index contributed by atoms with van der Waals surface area (Å²) in [4.78, 5) is 17.1. The Morgan fingerprint density at radius 3 is 2.77 bits per heavy atom. The first-order valence-corrected chi connectivity index (χ1v) is 8.59. The van der Waals surface area contributed by atoms with Crippen molar-refractivity contribution >= 4 is 28.8 Å². The number of hydrogen-bond donors (Lipinski definition) is 1. The number of anilines is 1. The number of carbonyl (C=O) groups is 1. The van der Waals surface area contributed by atoms with Crippen molar-refractivity contribution in [3.8, 4) is 11.3 Å². The van der Waals surface area contributed by atoms with Crippen LogP contribution in [0.15, 0.2) is 73.1 Å². The van der Waals surface area contributed by atoms with Crippen molar-refractivity contribution in [3.05, 3.63) is 89.2 Å². The summed E-state index contributed by atoms with van der Waals surface area (Å²) in [7, 11) is 0. The number of fused-ring (bicyclic) bond motifs is 1. The molecular weight excluding hydrogens is 346 g/mol. The van der Waals surface area contributed by atoms with Crippen molar-refractivity contribution in [2.45, 2.75) is 6.92 Å². The Balaban J connectivity index is 1.62. The Bertz CT molecular complexity index is 1120. The van der Waals surface area contributed by atoms with E-state index >= 15 is 0 Å². The molecule has 2 aromatic carbocycles. The second-order valence-corrected chi connectivity index (χ2v) is 6.58. The maximum Gasteiger partial charge on any atom is 0.255 e. The Morgan fingerprint density at radius 2 is 1.92 bits per heavy atom. The predicted octanol–water partition coefficient (Wildman–Crippen LogP) is 5.22. The van der Waals surface area contributed by atoms with Crippen LogP contribution in [0.4, 0.5) is 5.69 Å². The van der Waals surface area contributed by atoms with Crippen molar-refractivity contribution in [2.75, 3.05) is 5.32 Å². The number of halogens is 1. The summed E-state index contributed by atoms with van der Waals surface area (Å²) in [5, 5.41) is 3.44. The maximum atomic E-state index is 12.4. The molecule has 0 saturated heterocycles. The van der Waals surface area contributed by atoms with Gasteiger partial charge in [0.2, 0.25) is 0 Å². The second-order valence-electron chi connectivity index (χ2n) is 6.14. The number of rotatable bonds is 3. The molecule has 2 aromatic heterocycles. The monoisotopic (exact) mass is 361 g/mol. The van der Waals surface area contributed by atoms with Crippen molar-refractivity contribution < 1.29 is 4.79 Å². The number of aryl methyl sites for hydroxylation is 1. The number of imidazole rings is 1. The predicted molar refractivity (Wildman–Crippen MR) is 105 cm³/mol. The van der Waals surface area contributed by atoms with Gasteiger partial charge in [-0.1, -0.05) is 29.8 Å². The van der Waals surface area contributed by atoms with Crippen LogP contribution >= 0.6 is 11.6 Å². The molecule has 4 aromatic rings. The highest BCUT2D eigenvalue weighted by Gasteiger charge is 2.09. The van der Waals surface area contributed by atoms with Gasteiger partial charge in [-0.05, 0) is 55.0 Å². The molecule has 128 valence electrons. The van der Waals surface area contributed by atoms with Crippen LogP contribution in [0.5, 0.6) is 0 Å². The Kier molecular flexibility index (Phi) is 4.19. The van der Waals surface area contributed by atoms with Gasteiger partial charge >= 0.3 is 0 Å². The van der Waals surface area contributed by atoms with Gasteiger partial charge in [-0.3, -0.25) is 4.79 Å². The molecule has 0 aliphatic carbocycles. The molecule has 5 heteroatoms. The standard InChI is InChI=1S/C21H16ClN3O/c1-14-8-9-25-13-19(24-20(25)10-14)15-4-3-7-18(12-15)23-21(26)16-5-2-6-17(22)11-16/h2-13H,1H3,(H,23,26). The van der Waals surface area contributed by atoms with Crippen LogP contribution in [-0.2, 0) is 0 Å². The molecule has 0 unspecified atom stereocenters. The molecule has 1 N–H and O–H groups in total. The number of nitrogens with zero attached hydrogens (tertiary/aromatic N) is 2. The van der Waals surface area contributed by atoms with Gasteiger partial charge < -0.3 is 9.72 Å². The fourth-order valence-electron chi connectivity index (χ4n) is 2.81. The highest BCUT2D eigenvalue weighted by Crippen LogP contribution is 2.23. The van der Waals surface area contributed by atoms with E-state index in [0.717, 1.165) is 22.5 Å². The zero-order chi connectivity index (χ0) is 18.1. The molecule has 4 rings (SSSR count). The highest BCUT2D eigenvalue weighted by molar-refractivity contribution is 6.31. The molecule has 1 amide bonds. The van der Waals surface area contributed by atoms with Gasteiger partial charge in [-0.15, -0.1) is 0 Å². The lowest BCUT2D eigenvalue weighted by Gasteiger charge is -2.07. The summed E-state index contributed by atoms with van der Waals surface area (Å²) in [6.07, 6.45) is 3.97. The SMILES string of the molecule is Cc1ccn2cc(-c3cccc(NC(=O)c4cccc(Cl)c4)c3)nc2c1. The van der Waals surface area contributed by atoms with Gasteiger partial charge in [0.15, 0.2) is 0 Å². The van der Waals surface area contributed by atoms with Crippen molar-refractivity contribution in [3.63, 3.8) is 0 Å². The molecule has 0 spiro atoms. The third kappa shape index (κ3) is 3.32. The van der Waals surface area contributed by atoms with E-state index in [1.54, 1.807) is 24.3 Å². The molecule has 0 bridgehead atoms. The summed E-state index contributed by atoms with van der Waals surface area (Å²) < 4.78 is 1.99. The number of carbonyl (C=O) groups excluding carboxylic acids is 1. The first-order chi connectivity index (χ1) is 12.6. The minimum Gasteiger partial charge on any atom is -0.322 e. The van der Waals surface area contributed by atoms with Crippen LogP contribution in [0.3, 0.4) is 0 Å². The highest BCUT2D eigenvalue weighted by atomic mass is 35.5. The maximum absolute atomic E-state index is 12.4. The van der Waals surface area contributed by atoms with Gasteiger partial charge in [0, 0.05) is 34.2 Å². The minimum atomic E-state index is -0.199. The van der Waals surface area contributed by atoms with Crippen molar-refractivity contribution in [1.82, 2.24) is 9.38 Å². The van der Waals surface area contributed by atoms with E-state index in [-0.39, 0.29) is 5.91 Å². The molecule has 0 atom stereocenters. The van der Waals surface area contributed by atoms with E-state index in [9.17, 15) is 4.79 Å². The van der Waals surface area contributed by atoms with Gasteiger partial charge in [-0.2, -0.15) is 0 Å². The van der Waals surface area contributed by atoms with E-state index in [4.69, 9.17) is 11.6 Å². The summed E-state index contributed by atoms with van der Waals surface area (Å²) in [6, 6.07) is 18.6. The smallest absolute Gasteiger partial charge is 0.255 e. The normalized spacial score (nSPS) is 10.8. The lowest BCUT2D eigenvalue weighted by molar-refractivity contribution is 0.102. The Labute approximate surface area is 156 Å². The van der Waals surface area contributed by atoms with Crippen molar-refractivity contribution in [2.24, 2.45) is 0 Å². The van der Waals surface area contributed by atoms with Crippen LogP contribution < -0.4 is 5.32 Å². The first kappa shape index (κ1) is 16.4. The van der Waals surface area contributed by atoms with E-state index in [1.807, 2.05) is 60.1 Å². The summed E-state index contributed by atoms with van der Waals surface area (Å²) in [5.74, 6) is -0.199. The zero-order valence-electron chi connectivity index (χ0n) is 14.1. The molecule has 0 saturated carbocycles. The topological polar surface area (TPSA) is 46.4 Å². The molecule has 4 nitrogen and oxygen atoms in total. The molecule has 0 aliphatic heterocycles. The van der Waals surface area contributed by atoms with Gasteiger partial charge in [0.1, 0.15) is 5.65 Å². The van der Waals surface area contributed by atoms with E-state index < -0.39 is 0 Å². The molecular formula is C21H16ClN3O. The van der Waals surface area contributed by atoms with Crippen molar-refractivity contribution in [1.29, 1.82) is 0 Å². The fraction of sp³-hybridized carbons (Fsp3) is 0.0476. The minimum absolute atomic E-state index is 0.199. The van der Waals surface area contributed by atoms with Gasteiger partial charge in [-0.25, -0.2) is 4.98 Å². The average molecular weight is 362 g/mol. The summed E-state index contributed by atoms with van der Waals surface area (Å²) in [5.41, 5.74) is 5.09. The number of pyridine rings is 1. The van der Waals surface area contributed by atoms with Crippen LogP contribution in [0.1, 0.15) is 15.9 Å². The number of aromatic nitrogens is 2. The first-order valence-electron chi connectivity index (χ1n) is 8.21. The molecule has 26 heavy (non-hydrogen) atoms. The quantitative estimate of drug-likeness (QED) is 0.544. The lowest BCUT2D eigenvalue weighted by Crippen LogP contribution is -2.11. The number of amides is 1. The lowest BCUT2D eigenvalue weighted by atomic mass is 10.1. The second kappa shape index (κ2) is 6.65. The van der Waals surface area contributed by atoms with Crippen LogP contribution in [0.2, 0.25) is 5.02 Å². The summed E-state index contributed by atoms with van der Waals surface area (Å²) >= 11 is 5.96. The third-order valence-electron chi connectivity index (χ3n) is 4.12. The van der Waals surface area contributed by atoms with Crippen LogP contribution in [0, 0.1) is 6.92 Å². The summed E-state index contributed by atoms with van der Waals surface area (Å²) in [6.45, 7) is 2.04. The van der Waals surface area contributed by atoms with E-state index in [2.05, 4.69) is 10.3 Å². The molecule has 2 heterocycles. The zero-order valence-corrected chi connectivity index (χ0v) is 14.9. The molecule has 0 aliphatic rings. The van der Waals surface area contributed by atoms with Crippen LogP contribution in [0.25, 0.3) is 16.9 Å². The van der Waals surface area contributed by atoms with Gasteiger partial charge in [0.05, 0.1) is 5.69 Å². The van der Waals surface area contributed by atoms with E-state index in [0.29, 0.717) is 16.3 Å². The largest absolute Gasteiger partial charge is 0.322 e. The third-order valence-corrected chi connectivity index (χ3v) is 4.35. The van der Waals surface area contributed by atoms with Crippen LogP contribution in [-0.4, -0.2) is 15.3 Å². The number of benzene rings is 2. The average Bonchev–Trinajstić information content (AvgIpc) is 3.05. The number of nitrogens with one attached hydrogen (secondary N) is 1. The Morgan fingerprint density at radius 1 is 1.08 bits per heavy atom. The Hall–Kier alpha value is -3.11. The van der Waals surface area contributed by atoms with E-state index in [1.165, 1.54) is 0 Å². The van der Waals surface area contributed by atoms with Gasteiger partial charge in [0.25, 0.3) is 5.91 Å².